The van der Waals surface area contributed by atoms with Gasteiger partial charge in [-0.05, 0) is 35.7 Å². The Kier molecular flexibility index (Phi) is 5.71. The summed E-state index contributed by atoms with van der Waals surface area (Å²) in [6.45, 7) is 0.614. The minimum absolute atomic E-state index is 0.148. The second kappa shape index (κ2) is 8.17. The first-order valence-electron chi connectivity index (χ1n) is 8.27. The Bertz CT molecular complexity index is 949. The van der Waals surface area contributed by atoms with Gasteiger partial charge in [-0.15, -0.1) is 0 Å². The lowest BCUT2D eigenvalue weighted by Gasteiger charge is -2.12. The number of rotatable bonds is 7. The molecule has 134 valence electrons. The van der Waals surface area contributed by atoms with Gasteiger partial charge in [0.1, 0.15) is 10.6 Å². The van der Waals surface area contributed by atoms with Crippen molar-refractivity contribution in [2.24, 2.45) is 0 Å². The molecule has 3 aromatic rings. The van der Waals surface area contributed by atoms with E-state index < -0.39 is 10.1 Å². The fraction of sp³-hybridized carbons (Fsp3) is 0.143. The van der Waals surface area contributed by atoms with Gasteiger partial charge in [-0.2, -0.15) is 8.42 Å². The molecule has 0 heterocycles. The second-order valence-electron chi connectivity index (χ2n) is 5.79. The molecule has 26 heavy (non-hydrogen) atoms. The average molecular weight is 368 g/mol. The number of methoxy groups -OCH3 is 1. The van der Waals surface area contributed by atoms with E-state index in [0.717, 1.165) is 17.5 Å². The van der Waals surface area contributed by atoms with Gasteiger partial charge in [0.2, 0.25) is 0 Å². The summed E-state index contributed by atoms with van der Waals surface area (Å²) in [5.41, 5.74) is 2.50. The van der Waals surface area contributed by atoms with Crippen LogP contribution >= 0.6 is 0 Å². The minimum atomic E-state index is -3.95. The third kappa shape index (κ3) is 4.31. The average Bonchev–Trinajstić information content (AvgIpc) is 2.68. The molecule has 0 atom stereocenters. The Balaban J connectivity index is 1.87. The van der Waals surface area contributed by atoms with Crippen LogP contribution in [0.1, 0.15) is 5.56 Å². The highest BCUT2D eigenvalue weighted by atomic mass is 32.2. The van der Waals surface area contributed by atoms with E-state index in [0.29, 0.717) is 12.2 Å². The summed E-state index contributed by atoms with van der Waals surface area (Å²) in [7, 11) is -2.30. The molecule has 0 amide bonds. The molecule has 0 spiro atoms. The largest absolute Gasteiger partial charge is 0.384 e. The maximum absolute atomic E-state index is 12.8. The van der Waals surface area contributed by atoms with Gasteiger partial charge in [0.05, 0.1) is 6.61 Å². The van der Waals surface area contributed by atoms with Crippen LogP contribution in [0.25, 0.3) is 11.1 Å². The van der Waals surface area contributed by atoms with Gasteiger partial charge in [0.25, 0.3) is 0 Å². The Morgan fingerprint density at radius 3 is 2.15 bits per heavy atom. The Morgan fingerprint density at radius 2 is 1.46 bits per heavy atom. The molecule has 0 unspecified atom stereocenters. The molecule has 0 saturated heterocycles. The summed E-state index contributed by atoms with van der Waals surface area (Å²) in [5.74, 6) is 0.286. The van der Waals surface area contributed by atoms with E-state index in [-0.39, 0.29) is 10.6 Å². The highest BCUT2D eigenvalue weighted by Gasteiger charge is 2.21. The molecule has 0 aliphatic carbocycles. The van der Waals surface area contributed by atoms with Crippen LogP contribution in [0.2, 0.25) is 0 Å². The Labute approximate surface area is 154 Å². The number of benzene rings is 3. The van der Waals surface area contributed by atoms with Crippen molar-refractivity contribution in [1.29, 1.82) is 0 Å². The van der Waals surface area contributed by atoms with Crippen LogP contribution in [-0.4, -0.2) is 22.1 Å². The lowest BCUT2D eigenvalue weighted by atomic mass is 10.1. The molecule has 0 aromatic heterocycles. The van der Waals surface area contributed by atoms with E-state index in [2.05, 4.69) is 0 Å². The number of ether oxygens (including phenoxy) is 1. The summed E-state index contributed by atoms with van der Waals surface area (Å²) in [4.78, 5) is 0.148. The number of hydrogen-bond donors (Lipinski definition) is 0. The molecule has 0 N–H and O–H groups in total. The third-order valence-corrected chi connectivity index (χ3v) is 5.27. The summed E-state index contributed by atoms with van der Waals surface area (Å²) in [5, 5.41) is 0. The van der Waals surface area contributed by atoms with Crippen LogP contribution in [0, 0.1) is 0 Å². The van der Waals surface area contributed by atoms with Crippen LogP contribution in [-0.2, 0) is 21.3 Å². The van der Waals surface area contributed by atoms with Crippen molar-refractivity contribution >= 4 is 10.1 Å². The van der Waals surface area contributed by atoms with E-state index in [4.69, 9.17) is 8.92 Å². The smallest absolute Gasteiger partial charge is 0.339 e. The van der Waals surface area contributed by atoms with Crippen molar-refractivity contribution in [1.82, 2.24) is 0 Å². The summed E-state index contributed by atoms with van der Waals surface area (Å²) >= 11 is 0. The first-order valence-corrected chi connectivity index (χ1v) is 9.68. The molecule has 0 bridgehead atoms. The molecular formula is C21H20O4S. The molecule has 0 fully saturated rings. The molecule has 0 aliphatic rings. The van der Waals surface area contributed by atoms with Crippen LogP contribution < -0.4 is 4.18 Å². The third-order valence-electron chi connectivity index (χ3n) is 3.97. The monoisotopic (exact) mass is 368 g/mol. The molecule has 5 heteroatoms. The van der Waals surface area contributed by atoms with Gasteiger partial charge in [0, 0.05) is 12.7 Å². The van der Waals surface area contributed by atoms with Gasteiger partial charge in [0.15, 0.2) is 0 Å². The van der Waals surface area contributed by atoms with Crippen molar-refractivity contribution in [3.05, 3.63) is 84.4 Å². The van der Waals surface area contributed by atoms with Crippen LogP contribution in [0.3, 0.4) is 0 Å². The quantitative estimate of drug-likeness (QED) is 0.583. The zero-order valence-corrected chi connectivity index (χ0v) is 15.3. The zero-order valence-electron chi connectivity index (χ0n) is 14.5. The minimum Gasteiger partial charge on any atom is -0.384 e. The van der Waals surface area contributed by atoms with Crippen LogP contribution in [0.4, 0.5) is 0 Å². The highest BCUT2D eigenvalue weighted by Crippen LogP contribution is 2.29. The molecule has 4 nitrogen and oxygen atoms in total. The molecule has 0 saturated carbocycles. The predicted molar refractivity (Wildman–Crippen MR) is 102 cm³/mol. The van der Waals surface area contributed by atoms with E-state index in [1.807, 2.05) is 48.5 Å². The fourth-order valence-corrected chi connectivity index (χ4v) is 3.80. The lowest BCUT2D eigenvalue weighted by molar-refractivity contribution is 0.202. The maximum atomic E-state index is 12.8. The standard InChI is InChI=1S/C21H20O4S/c1-24-16-15-17-11-13-19(14-12-17)25-26(22,23)21-10-6-5-9-20(21)18-7-3-2-4-8-18/h2-14H,15-16H2,1H3. The number of hydrogen-bond acceptors (Lipinski definition) is 4. The molecule has 3 rings (SSSR count). The maximum Gasteiger partial charge on any atom is 0.339 e. The van der Waals surface area contributed by atoms with E-state index >= 15 is 0 Å². The normalized spacial score (nSPS) is 11.3. The summed E-state index contributed by atoms with van der Waals surface area (Å²) in [6, 6.07) is 23.2. The molecule has 0 radical (unpaired) electrons. The van der Waals surface area contributed by atoms with Crippen molar-refractivity contribution in [2.75, 3.05) is 13.7 Å². The van der Waals surface area contributed by atoms with Gasteiger partial charge in [-0.25, -0.2) is 0 Å². The topological polar surface area (TPSA) is 52.6 Å². The van der Waals surface area contributed by atoms with Crippen molar-refractivity contribution in [2.45, 2.75) is 11.3 Å². The Morgan fingerprint density at radius 1 is 0.808 bits per heavy atom. The van der Waals surface area contributed by atoms with Crippen molar-refractivity contribution < 1.29 is 17.3 Å². The second-order valence-corrected chi connectivity index (χ2v) is 7.30. The molecular weight excluding hydrogens is 348 g/mol. The van der Waals surface area contributed by atoms with Gasteiger partial charge < -0.3 is 8.92 Å². The van der Waals surface area contributed by atoms with Crippen molar-refractivity contribution in [3.63, 3.8) is 0 Å². The van der Waals surface area contributed by atoms with E-state index in [1.54, 1.807) is 37.4 Å². The SMILES string of the molecule is COCCc1ccc(OS(=O)(=O)c2ccccc2-c2ccccc2)cc1. The van der Waals surface area contributed by atoms with Gasteiger partial charge >= 0.3 is 10.1 Å². The van der Waals surface area contributed by atoms with Crippen LogP contribution in [0.15, 0.2) is 83.8 Å². The zero-order chi connectivity index (χ0) is 18.4. The van der Waals surface area contributed by atoms with Gasteiger partial charge in [-0.3, -0.25) is 0 Å². The first-order chi connectivity index (χ1) is 12.6. The summed E-state index contributed by atoms with van der Waals surface area (Å²) < 4.78 is 36.0. The fourth-order valence-electron chi connectivity index (χ4n) is 2.64. The summed E-state index contributed by atoms with van der Waals surface area (Å²) in [6.07, 6.45) is 0.764. The van der Waals surface area contributed by atoms with Crippen molar-refractivity contribution in [3.8, 4) is 16.9 Å². The molecule has 0 aliphatic heterocycles. The van der Waals surface area contributed by atoms with Gasteiger partial charge in [-0.1, -0.05) is 60.7 Å². The Hall–Kier alpha value is -2.63. The first kappa shape index (κ1) is 18.2. The predicted octanol–water partition coefficient (Wildman–Crippen LogP) is 4.31. The molecule has 3 aromatic carbocycles. The van der Waals surface area contributed by atoms with Crippen LogP contribution in [0.5, 0.6) is 5.75 Å². The van der Waals surface area contributed by atoms with E-state index in [9.17, 15) is 8.42 Å². The highest BCUT2D eigenvalue weighted by molar-refractivity contribution is 7.87. The lowest BCUT2D eigenvalue weighted by Crippen LogP contribution is -2.11. The van der Waals surface area contributed by atoms with E-state index in [1.165, 1.54) is 0 Å².